The second-order valence-corrected chi connectivity index (χ2v) is 15.9. The molecule has 0 spiro atoms. The number of fused-ring (bicyclic) bond motifs is 4. The fraction of sp³-hybridized carbons (Fsp3) is 0.206. The number of hydrogen-bond acceptors (Lipinski definition) is 0. The van der Waals surface area contributed by atoms with E-state index in [4.69, 9.17) is 0 Å². The number of aromatic nitrogens is 1. The largest absolute Gasteiger partial charge is 0.220 e. The number of hydrogen-bond donors (Lipinski definition) is 0. The van der Waals surface area contributed by atoms with E-state index in [2.05, 4.69) is 143 Å². The summed E-state index contributed by atoms with van der Waals surface area (Å²) in [6.07, 6.45) is 2.23. The Labute approximate surface area is 216 Å². The van der Waals surface area contributed by atoms with Crippen LogP contribution >= 0.6 is 0 Å². The monoisotopic (exact) mass is 484 g/mol. The molecule has 0 aliphatic heterocycles. The molecule has 0 saturated heterocycles. The SMILES string of the molecule is Cc1cc2c(cc1-c1c3ccc([Si](C)(C)c4ccccc4)cc3cc[n+]1C)C(C)(C)c1ccccc1-2. The lowest BCUT2D eigenvalue weighted by Gasteiger charge is -2.24. The fourth-order valence-electron chi connectivity index (χ4n) is 6.23. The lowest BCUT2D eigenvalue weighted by molar-refractivity contribution is -0.659. The first-order valence-corrected chi connectivity index (χ1v) is 15.9. The van der Waals surface area contributed by atoms with Crippen LogP contribution in [-0.2, 0) is 12.5 Å². The van der Waals surface area contributed by atoms with Crippen LogP contribution in [0.4, 0.5) is 0 Å². The zero-order valence-electron chi connectivity index (χ0n) is 22.2. The van der Waals surface area contributed by atoms with Gasteiger partial charge in [0, 0.05) is 11.5 Å². The summed E-state index contributed by atoms with van der Waals surface area (Å²) >= 11 is 0. The van der Waals surface area contributed by atoms with E-state index in [0.29, 0.717) is 0 Å². The minimum Gasteiger partial charge on any atom is -0.200 e. The van der Waals surface area contributed by atoms with Gasteiger partial charge < -0.3 is 0 Å². The van der Waals surface area contributed by atoms with Gasteiger partial charge in [0.05, 0.1) is 10.9 Å². The van der Waals surface area contributed by atoms with Crippen LogP contribution in [0.3, 0.4) is 0 Å². The Morgan fingerprint density at radius 1 is 0.667 bits per heavy atom. The summed E-state index contributed by atoms with van der Waals surface area (Å²) in [7, 11) is 0.408. The molecule has 4 aromatic carbocycles. The van der Waals surface area contributed by atoms with Crippen molar-refractivity contribution in [1.29, 1.82) is 0 Å². The van der Waals surface area contributed by atoms with Gasteiger partial charge in [0.25, 0.3) is 0 Å². The maximum atomic E-state index is 2.47. The number of rotatable bonds is 3. The van der Waals surface area contributed by atoms with Gasteiger partial charge >= 0.3 is 0 Å². The summed E-state index contributed by atoms with van der Waals surface area (Å²) in [5, 5.41) is 5.59. The van der Waals surface area contributed by atoms with E-state index < -0.39 is 8.07 Å². The maximum Gasteiger partial charge on any atom is 0.220 e. The molecular formula is C34H34NSi+. The van der Waals surface area contributed by atoms with Gasteiger partial charge in [0.1, 0.15) is 15.1 Å². The Morgan fingerprint density at radius 3 is 2.17 bits per heavy atom. The molecule has 0 saturated carbocycles. The molecule has 0 amide bonds. The lowest BCUT2D eigenvalue weighted by Crippen LogP contribution is -2.52. The van der Waals surface area contributed by atoms with Gasteiger partial charge in [0.15, 0.2) is 6.20 Å². The van der Waals surface area contributed by atoms with E-state index in [0.717, 1.165) is 0 Å². The third kappa shape index (κ3) is 3.32. The van der Waals surface area contributed by atoms with Crippen LogP contribution in [0.5, 0.6) is 0 Å². The predicted molar refractivity (Wildman–Crippen MR) is 156 cm³/mol. The Hall–Kier alpha value is -3.49. The third-order valence-corrected chi connectivity index (χ3v) is 12.1. The molecule has 0 unspecified atom stereocenters. The molecule has 1 heterocycles. The summed E-state index contributed by atoms with van der Waals surface area (Å²) < 4.78 is 2.30. The molecule has 2 heteroatoms. The van der Waals surface area contributed by atoms with Crippen molar-refractivity contribution < 1.29 is 4.57 Å². The van der Waals surface area contributed by atoms with E-state index in [1.165, 1.54) is 60.2 Å². The minimum absolute atomic E-state index is 0.00396. The average molecular weight is 485 g/mol. The first-order valence-electron chi connectivity index (χ1n) is 12.9. The van der Waals surface area contributed by atoms with Crippen molar-refractivity contribution in [2.24, 2.45) is 7.05 Å². The van der Waals surface area contributed by atoms with Gasteiger partial charge in [-0.05, 0) is 52.3 Å². The number of nitrogens with zero attached hydrogens (tertiary/aromatic N) is 1. The van der Waals surface area contributed by atoms with E-state index >= 15 is 0 Å². The molecular weight excluding hydrogens is 450 g/mol. The first-order chi connectivity index (χ1) is 17.2. The molecule has 1 nitrogen and oxygen atoms in total. The van der Waals surface area contributed by atoms with E-state index in [-0.39, 0.29) is 5.41 Å². The standard InChI is InChI=1S/C34H34NSi/c1-23-20-30-28-14-10-11-15-31(28)34(2,3)32(30)22-29(23)33-27-17-16-26(21-24(27)18-19-35(33)4)36(5,6)25-12-8-7-9-13-25/h7-22H,1-6H3/q+1. The lowest BCUT2D eigenvalue weighted by atomic mass is 9.81. The molecule has 0 N–H and O–H groups in total. The van der Waals surface area contributed by atoms with Crippen molar-refractivity contribution >= 4 is 29.2 Å². The van der Waals surface area contributed by atoms with E-state index in [9.17, 15) is 0 Å². The molecule has 5 aromatic rings. The van der Waals surface area contributed by atoms with Crippen molar-refractivity contribution in [2.75, 3.05) is 0 Å². The van der Waals surface area contributed by atoms with Crippen LogP contribution in [0.25, 0.3) is 33.2 Å². The van der Waals surface area contributed by atoms with Crippen molar-refractivity contribution in [3.8, 4) is 22.4 Å². The van der Waals surface area contributed by atoms with E-state index in [1.54, 1.807) is 0 Å². The van der Waals surface area contributed by atoms with Gasteiger partial charge in [-0.25, -0.2) is 4.57 Å². The Kier molecular flexibility index (Phi) is 5.10. The zero-order chi connectivity index (χ0) is 25.2. The van der Waals surface area contributed by atoms with Crippen molar-refractivity contribution in [3.05, 3.63) is 114 Å². The molecule has 0 fully saturated rings. The molecule has 0 radical (unpaired) electrons. The number of benzene rings is 4. The second-order valence-electron chi connectivity index (χ2n) is 11.5. The topological polar surface area (TPSA) is 3.88 Å². The van der Waals surface area contributed by atoms with Crippen LogP contribution in [0.1, 0.15) is 30.5 Å². The first kappa shape index (κ1) is 22.9. The highest BCUT2D eigenvalue weighted by molar-refractivity contribution is 7.00. The van der Waals surface area contributed by atoms with Crippen LogP contribution < -0.4 is 14.9 Å². The Bertz CT molecular complexity index is 1640. The molecule has 6 rings (SSSR count). The van der Waals surface area contributed by atoms with Crippen molar-refractivity contribution in [2.45, 2.75) is 39.3 Å². The normalized spacial score (nSPS) is 14.1. The smallest absolute Gasteiger partial charge is 0.200 e. The summed E-state index contributed by atoms with van der Waals surface area (Å²) in [5.41, 5.74) is 9.57. The van der Waals surface area contributed by atoms with Crippen LogP contribution in [0, 0.1) is 6.92 Å². The molecule has 36 heavy (non-hydrogen) atoms. The number of pyridine rings is 1. The molecule has 178 valence electrons. The molecule has 1 aliphatic carbocycles. The average Bonchev–Trinajstić information content (AvgIpc) is 3.10. The molecule has 1 aliphatic rings. The third-order valence-electron chi connectivity index (χ3n) is 8.54. The van der Waals surface area contributed by atoms with Gasteiger partial charge in [-0.15, -0.1) is 0 Å². The minimum atomic E-state index is -1.77. The van der Waals surface area contributed by atoms with Crippen molar-refractivity contribution in [1.82, 2.24) is 0 Å². The predicted octanol–water partition coefficient (Wildman–Crippen LogP) is 6.77. The second kappa shape index (κ2) is 8.01. The summed E-state index contributed by atoms with van der Waals surface area (Å²) in [6, 6.07) is 34.3. The van der Waals surface area contributed by atoms with Crippen LogP contribution in [0.2, 0.25) is 13.1 Å². The number of aryl methyl sites for hydroxylation is 2. The van der Waals surface area contributed by atoms with E-state index in [1.807, 2.05) is 0 Å². The molecule has 0 atom stereocenters. The van der Waals surface area contributed by atoms with Gasteiger partial charge in [-0.3, -0.25) is 0 Å². The summed E-state index contributed by atoms with van der Waals surface area (Å²) in [6.45, 7) is 11.9. The van der Waals surface area contributed by atoms with Crippen LogP contribution in [0.15, 0.2) is 97.2 Å². The molecule has 0 bridgehead atoms. The fourth-order valence-corrected chi connectivity index (χ4v) is 8.60. The summed E-state index contributed by atoms with van der Waals surface area (Å²) in [5.74, 6) is 0. The van der Waals surface area contributed by atoms with Crippen molar-refractivity contribution in [3.63, 3.8) is 0 Å². The van der Waals surface area contributed by atoms with Crippen LogP contribution in [-0.4, -0.2) is 8.07 Å². The highest BCUT2D eigenvalue weighted by Crippen LogP contribution is 2.50. The quantitative estimate of drug-likeness (QED) is 0.197. The maximum absolute atomic E-state index is 2.47. The zero-order valence-corrected chi connectivity index (χ0v) is 23.2. The summed E-state index contributed by atoms with van der Waals surface area (Å²) in [4.78, 5) is 0. The van der Waals surface area contributed by atoms with Gasteiger partial charge in [-0.2, -0.15) is 0 Å². The Balaban J connectivity index is 1.54. The highest BCUT2D eigenvalue weighted by Gasteiger charge is 2.36. The Morgan fingerprint density at radius 2 is 1.39 bits per heavy atom. The van der Waals surface area contributed by atoms with Gasteiger partial charge in [0.2, 0.25) is 5.69 Å². The molecule has 1 aromatic heterocycles. The highest BCUT2D eigenvalue weighted by atomic mass is 28.3. The van der Waals surface area contributed by atoms with Gasteiger partial charge in [-0.1, -0.05) is 110 Å².